The molecule has 2 rings (SSSR count). The summed E-state index contributed by atoms with van der Waals surface area (Å²) in [6, 6.07) is 14.8. The molecule has 3 nitrogen and oxygen atoms in total. The van der Waals surface area contributed by atoms with Gasteiger partial charge in [-0.25, -0.2) is 0 Å². The van der Waals surface area contributed by atoms with Crippen molar-refractivity contribution in [2.75, 3.05) is 19.6 Å². The molecular weight excluding hydrogens is 417 g/mol. The summed E-state index contributed by atoms with van der Waals surface area (Å²) in [7, 11) is 0. The highest BCUT2D eigenvalue weighted by Gasteiger charge is 2.05. The summed E-state index contributed by atoms with van der Waals surface area (Å²) in [5.74, 6) is 1.33. The Morgan fingerprint density at radius 2 is 1.91 bits per heavy atom. The van der Waals surface area contributed by atoms with E-state index in [2.05, 4.69) is 72.3 Å². The molecule has 1 unspecified atom stereocenters. The van der Waals surface area contributed by atoms with E-state index in [1.807, 2.05) is 0 Å². The largest absolute Gasteiger partial charge is 0.357 e. The number of thiophene rings is 1. The fourth-order valence-corrected chi connectivity index (χ4v) is 2.92. The van der Waals surface area contributed by atoms with Crippen molar-refractivity contribution < 1.29 is 0 Å². The summed E-state index contributed by atoms with van der Waals surface area (Å²) in [5.41, 5.74) is 1.33. The van der Waals surface area contributed by atoms with Crippen LogP contribution in [0.25, 0.3) is 0 Å². The van der Waals surface area contributed by atoms with Gasteiger partial charge in [-0.15, -0.1) is 35.3 Å². The number of rotatable bonds is 7. The van der Waals surface area contributed by atoms with Crippen molar-refractivity contribution in [2.45, 2.75) is 26.2 Å². The highest BCUT2D eigenvalue weighted by atomic mass is 127. The first-order valence-corrected chi connectivity index (χ1v) is 8.77. The first kappa shape index (κ1) is 20.0. The Morgan fingerprint density at radius 1 is 1.13 bits per heavy atom. The SMILES string of the molecule is CCNC(=NCC(C)c1ccccc1)NCCc1cccs1.I. The number of benzene rings is 1. The monoisotopic (exact) mass is 443 g/mol. The van der Waals surface area contributed by atoms with Crippen LogP contribution >= 0.6 is 35.3 Å². The number of aliphatic imine (C=N–C) groups is 1. The summed E-state index contributed by atoms with van der Waals surface area (Å²) < 4.78 is 0. The van der Waals surface area contributed by atoms with Crippen LogP contribution in [0.5, 0.6) is 0 Å². The molecule has 2 aromatic rings. The lowest BCUT2D eigenvalue weighted by molar-refractivity contribution is 0.747. The van der Waals surface area contributed by atoms with Crippen molar-refractivity contribution in [2.24, 2.45) is 4.99 Å². The second-order valence-corrected chi connectivity index (χ2v) is 6.32. The summed E-state index contributed by atoms with van der Waals surface area (Å²) in [6.45, 7) is 6.89. The van der Waals surface area contributed by atoms with E-state index in [0.717, 1.165) is 32.0 Å². The lowest BCUT2D eigenvalue weighted by Crippen LogP contribution is -2.38. The van der Waals surface area contributed by atoms with E-state index < -0.39 is 0 Å². The third kappa shape index (κ3) is 7.35. The predicted octanol–water partition coefficient (Wildman–Crippen LogP) is 4.27. The molecule has 0 saturated heterocycles. The van der Waals surface area contributed by atoms with Crippen LogP contribution in [0.3, 0.4) is 0 Å². The maximum atomic E-state index is 4.71. The molecule has 0 aliphatic heterocycles. The maximum absolute atomic E-state index is 4.71. The number of nitrogens with zero attached hydrogens (tertiary/aromatic N) is 1. The predicted molar refractivity (Wildman–Crippen MR) is 112 cm³/mol. The zero-order valence-corrected chi connectivity index (χ0v) is 16.9. The molecule has 1 aromatic heterocycles. The lowest BCUT2D eigenvalue weighted by atomic mass is 10.0. The van der Waals surface area contributed by atoms with E-state index in [1.165, 1.54) is 10.4 Å². The third-order valence-corrected chi connectivity index (χ3v) is 4.42. The van der Waals surface area contributed by atoms with Crippen LogP contribution < -0.4 is 10.6 Å². The van der Waals surface area contributed by atoms with E-state index >= 15 is 0 Å². The third-order valence-electron chi connectivity index (χ3n) is 3.48. The summed E-state index contributed by atoms with van der Waals surface area (Å²) in [5, 5.41) is 8.84. The Labute approximate surface area is 160 Å². The second kappa shape index (κ2) is 11.5. The molecule has 126 valence electrons. The topological polar surface area (TPSA) is 36.4 Å². The minimum absolute atomic E-state index is 0. The summed E-state index contributed by atoms with van der Waals surface area (Å²) >= 11 is 1.80. The van der Waals surface area contributed by atoms with E-state index in [-0.39, 0.29) is 24.0 Å². The van der Waals surface area contributed by atoms with Gasteiger partial charge in [0, 0.05) is 30.4 Å². The molecule has 0 aliphatic carbocycles. The zero-order chi connectivity index (χ0) is 15.6. The van der Waals surface area contributed by atoms with Gasteiger partial charge in [-0.05, 0) is 30.4 Å². The fraction of sp³-hybridized carbons (Fsp3) is 0.389. The maximum Gasteiger partial charge on any atom is 0.191 e. The van der Waals surface area contributed by atoms with Gasteiger partial charge in [0.25, 0.3) is 0 Å². The van der Waals surface area contributed by atoms with Gasteiger partial charge >= 0.3 is 0 Å². The Balaban J connectivity index is 0.00000264. The molecule has 0 radical (unpaired) electrons. The minimum Gasteiger partial charge on any atom is -0.357 e. The van der Waals surface area contributed by atoms with Gasteiger partial charge in [-0.1, -0.05) is 43.3 Å². The van der Waals surface area contributed by atoms with E-state index in [0.29, 0.717) is 5.92 Å². The molecule has 0 bridgehead atoms. The molecule has 0 saturated carbocycles. The Morgan fingerprint density at radius 3 is 2.57 bits per heavy atom. The van der Waals surface area contributed by atoms with Crippen LogP contribution in [-0.2, 0) is 6.42 Å². The summed E-state index contributed by atoms with van der Waals surface area (Å²) in [4.78, 5) is 6.11. The molecule has 0 fully saturated rings. The van der Waals surface area contributed by atoms with Crippen LogP contribution in [0.15, 0.2) is 52.8 Å². The molecule has 0 amide bonds. The number of hydrogen-bond donors (Lipinski definition) is 2. The minimum atomic E-state index is 0. The highest BCUT2D eigenvalue weighted by molar-refractivity contribution is 14.0. The molecule has 1 heterocycles. The molecule has 2 N–H and O–H groups in total. The van der Waals surface area contributed by atoms with E-state index in [9.17, 15) is 0 Å². The van der Waals surface area contributed by atoms with Gasteiger partial charge in [0.1, 0.15) is 0 Å². The smallest absolute Gasteiger partial charge is 0.191 e. The first-order valence-electron chi connectivity index (χ1n) is 7.89. The van der Waals surface area contributed by atoms with Gasteiger partial charge < -0.3 is 10.6 Å². The van der Waals surface area contributed by atoms with Gasteiger partial charge in [0.2, 0.25) is 0 Å². The van der Waals surface area contributed by atoms with Gasteiger partial charge in [0.05, 0.1) is 0 Å². The molecule has 5 heteroatoms. The van der Waals surface area contributed by atoms with Gasteiger partial charge in [0.15, 0.2) is 5.96 Å². The number of nitrogens with one attached hydrogen (secondary N) is 2. The Hall–Kier alpha value is -1.08. The molecule has 0 spiro atoms. The van der Waals surface area contributed by atoms with Crippen LogP contribution in [0.4, 0.5) is 0 Å². The van der Waals surface area contributed by atoms with Crippen molar-refractivity contribution in [3.63, 3.8) is 0 Å². The fourth-order valence-electron chi connectivity index (χ4n) is 2.22. The highest BCUT2D eigenvalue weighted by Crippen LogP contribution is 2.14. The average molecular weight is 443 g/mol. The van der Waals surface area contributed by atoms with Crippen molar-refractivity contribution in [1.29, 1.82) is 0 Å². The quantitative estimate of drug-likeness (QED) is 0.381. The molecular formula is C18H26IN3S. The van der Waals surface area contributed by atoms with E-state index in [4.69, 9.17) is 4.99 Å². The molecule has 0 aliphatic rings. The van der Waals surface area contributed by atoms with Gasteiger partial charge in [-0.3, -0.25) is 4.99 Å². The lowest BCUT2D eigenvalue weighted by Gasteiger charge is -2.13. The number of halogens is 1. The van der Waals surface area contributed by atoms with Crippen LogP contribution in [-0.4, -0.2) is 25.6 Å². The molecule has 1 atom stereocenters. The average Bonchev–Trinajstić information content (AvgIpc) is 3.06. The van der Waals surface area contributed by atoms with Crippen molar-refractivity contribution >= 4 is 41.3 Å². The van der Waals surface area contributed by atoms with Crippen LogP contribution in [0.2, 0.25) is 0 Å². The molecule has 23 heavy (non-hydrogen) atoms. The molecule has 1 aromatic carbocycles. The van der Waals surface area contributed by atoms with Crippen molar-refractivity contribution in [3.05, 3.63) is 58.3 Å². The Bertz CT molecular complexity index is 555. The first-order chi connectivity index (χ1) is 10.8. The number of guanidine groups is 1. The van der Waals surface area contributed by atoms with Crippen LogP contribution in [0, 0.1) is 0 Å². The standard InChI is InChI=1S/C18H25N3S.HI/c1-3-19-18(20-12-11-17-10-7-13-22-17)21-14-15(2)16-8-5-4-6-9-16;/h4-10,13,15H,3,11-12,14H2,1-2H3,(H2,19,20,21);1H. The summed E-state index contributed by atoms with van der Waals surface area (Å²) in [6.07, 6.45) is 1.04. The van der Waals surface area contributed by atoms with Crippen LogP contribution in [0.1, 0.15) is 30.2 Å². The normalized spacial score (nSPS) is 12.3. The van der Waals surface area contributed by atoms with Crippen molar-refractivity contribution in [3.8, 4) is 0 Å². The Kier molecular flexibility index (Phi) is 9.94. The second-order valence-electron chi connectivity index (χ2n) is 5.29. The van der Waals surface area contributed by atoms with Gasteiger partial charge in [-0.2, -0.15) is 0 Å². The van der Waals surface area contributed by atoms with E-state index in [1.54, 1.807) is 11.3 Å². The zero-order valence-electron chi connectivity index (χ0n) is 13.8. The number of hydrogen-bond acceptors (Lipinski definition) is 2. The van der Waals surface area contributed by atoms with Crippen molar-refractivity contribution in [1.82, 2.24) is 10.6 Å².